The van der Waals surface area contributed by atoms with Crippen LogP contribution in [-0.4, -0.2) is 19.3 Å². The summed E-state index contributed by atoms with van der Waals surface area (Å²) in [5, 5.41) is 0. The standard InChI is InChI=1S/C7H17NO2/c1-4-9-7(3)6(2)5-10-8/h6-7H,4-5,8H2,1-3H3. The normalized spacial score (nSPS) is 16.8. The minimum atomic E-state index is 0.230. The average Bonchev–Trinajstić information content (AvgIpc) is 1.89. The van der Waals surface area contributed by atoms with Gasteiger partial charge in [-0.05, 0) is 13.8 Å². The van der Waals surface area contributed by atoms with Crippen LogP contribution in [0.3, 0.4) is 0 Å². The summed E-state index contributed by atoms with van der Waals surface area (Å²) in [5.41, 5.74) is 0. The largest absolute Gasteiger partial charge is 0.378 e. The molecule has 0 amide bonds. The first-order valence-electron chi connectivity index (χ1n) is 3.65. The first-order chi connectivity index (χ1) is 4.72. The third kappa shape index (κ3) is 3.82. The van der Waals surface area contributed by atoms with Crippen LogP contribution in [0.2, 0.25) is 0 Å². The van der Waals surface area contributed by atoms with Crippen LogP contribution in [0.25, 0.3) is 0 Å². The quantitative estimate of drug-likeness (QED) is 0.588. The molecule has 0 aliphatic rings. The van der Waals surface area contributed by atoms with Gasteiger partial charge >= 0.3 is 0 Å². The molecule has 2 unspecified atom stereocenters. The van der Waals surface area contributed by atoms with Crippen molar-refractivity contribution in [3.63, 3.8) is 0 Å². The predicted octanol–water partition coefficient (Wildman–Crippen LogP) is 0.938. The molecular weight excluding hydrogens is 130 g/mol. The molecule has 0 radical (unpaired) electrons. The molecule has 0 saturated carbocycles. The van der Waals surface area contributed by atoms with Gasteiger partial charge in [0.1, 0.15) is 0 Å². The Labute approximate surface area is 62.4 Å². The molecular formula is C7H17NO2. The van der Waals surface area contributed by atoms with Gasteiger partial charge in [0.25, 0.3) is 0 Å². The van der Waals surface area contributed by atoms with E-state index in [1.165, 1.54) is 0 Å². The first kappa shape index (κ1) is 9.88. The Morgan fingerprint density at radius 2 is 2.00 bits per heavy atom. The van der Waals surface area contributed by atoms with Crippen molar-refractivity contribution >= 4 is 0 Å². The van der Waals surface area contributed by atoms with E-state index in [0.29, 0.717) is 12.5 Å². The van der Waals surface area contributed by atoms with Crippen molar-refractivity contribution in [2.75, 3.05) is 13.2 Å². The van der Waals surface area contributed by atoms with Crippen LogP contribution in [0.5, 0.6) is 0 Å². The fourth-order valence-corrected chi connectivity index (χ4v) is 0.714. The van der Waals surface area contributed by atoms with Crippen molar-refractivity contribution in [2.45, 2.75) is 26.9 Å². The van der Waals surface area contributed by atoms with Gasteiger partial charge in [-0.25, -0.2) is 5.90 Å². The van der Waals surface area contributed by atoms with Crippen molar-refractivity contribution in [3.05, 3.63) is 0 Å². The lowest BCUT2D eigenvalue weighted by Gasteiger charge is -2.17. The lowest BCUT2D eigenvalue weighted by molar-refractivity contribution is -0.00177. The molecule has 0 aromatic carbocycles. The second-order valence-electron chi connectivity index (χ2n) is 2.47. The zero-order valence-electron chi connectivity index (χ0n) is 6.96. The van der Waals surface area contributed by atoms with Gasteiger partial charge in [-0.15, -0.1) is 0 Å². The summed E-state index contributed by atoms with van der Waals surface area (Å²) in [4.78, 5) is 4.49. The van der Waals surface area contributed by atoms with E-state index in [1.54, 1.807) is 0 Å². The van der Waals surface area contributed by atoms with Crippen LogP contribution in [0.1, 0.15) is 20.8 Å². The Morgan fingerprint density at radius 1 is 1.40 bits per heavy atom. The molecule has 0 saturated heterocycles. The zero-order chi connectivity index (χ0) is 7.98. The molecule has 2 N–H and O–H groups in total. The summed E-state index contributed by atoms with van der Waals surface area (Å²) in [7, 11) is 0. The lowest BCUT2D eigenvalue weighted by atomic mass is 10.1. The van der Waals surface area contributed by atoms with Crippen LogP contribution in [0.15, 0.2) is 0 Å². The van der Waals surface area contributed by atoms with E-state index in [1.807, 2.05) is 20.8 Å². The molecule has 0 spiro atoms. The second kappa shape index (κ2) is 5.65. The van der Waals surface area contributed by atoms with Crippen molar-refractivity contribution in [3.8, 4) is 0 Å². The topological polar surface area (TPSA) is 44.5 Å². The van der Waals surface area contributed by atoms with Gasteiger partial charge in [0.05, 0.1) is 12.7 Å². The Balaban J connectivity index is 3.38. The van der Waals surface area contributed by atoms with Crippen LogP contribution < -0.4 is 5.90 Å². The summed E-state index contributed by atoms with van der Waals surface area (Å²) in [6.45, 7) is 7.35. The van der Waals surface area contributed by atoms with Gasteiger partial charge in [0.15, 0.2) is 0 Å². The molecule has 3 heteroatoms. The summed E-state index contributed by atoms with van der Waals surface area (Å²) in [5.74, 6) is 5.27. The summed E-state index contributed by atoms with van der Waals surface area (Å²) >= 11 is 0. The molecule has 10 heavy (non-hydrogen) atoms. The van der Waals surface area contributed by atoms with Crippen molar-refractivity contribution in [1.29, 1.82) is 0 Å². The molecule has 0 heterocycles. The maximum Gasteiger partial charge on any atom is 0.0729 e. The van der Waals surface area contributed by atoms with Gasteiger partial charge in [-0.2, -0.15) is 0 Å². The lowest BCUT2D eigenvalue weighted by Crippen LogP contribution is -2.23. The van der Waals surface area contributed by atoms with Gasteiger partial charge in [0, 0.05) is 12.5 Å². The number of ether oxygens (including phenoxy) is 1. The van der Waals surface area contributed by atoms with Crippen molar-refractivity contribution < 1.29 is 9.57 Å². The van der Waals surface area contributed by atoms with E-state index in [2.05, 4.69) is 4.84 Å². The highest BCUT2D eigenvalue weighted by atomic mass is 16.6. The number of rotatable bonds is 5. The van der Waals surface area contributed by atoms with Gasteiger partial charge in [-0.3, -0.25) is 0 Å². The number of nitrogens with two attached hydrogens (primary N) is 1. The molecule has 0 fully saturated rings. The third-order valence-electron chi connectivity index (χ3n) is 1.59. The van der Waals surface area contributed by atoms with E-state index in [0.717, 1.165) is 6.61 Å². The molecule has 0 bridgehead atoms. The number of hydrogen-bond acceptors (Lipinski definition) is 3. The Kier molecular flexibility index (Phi) is 5.58. The predicted molar refractivity (Wildman–Crippen MR) is 40.4 cm³/mol. The molecule has 62 valence electrons. The molecule has 0 rings (SSSR count). The van der Waals surface area contributed by atoms with E-state index < -0.39 is 0 Å². The minimum Gasteiger partial charge on any atom is -0.378 e. The second-order valence-corrected chi connectivity index (χ2v) is 2.47. The maximum absolute atomic E-state index is 5.32. The summed E-state index contributed by atoms with van der Waals surface area (Å²) < 4.78 is 5.32. The highest BCUT2D eigenvalue weighted by molar-refractivity contribution is 4.58. The van der Waals surface area contributed by atoms with Gasteiger partial charge in [0.2, 0.25) is 0 Å². The minimum absolute atomic E-state index is 0.230. The SMILES string of the molecule is CCOC(C)C(C)CON. The average molecular weight is 147 g/mol. The van der Waals surface area contributed by atoms with Crippen molar-refractivity contribution in [2.24, 2.45) is 11.8 Å². The molecule has 0 aliphatic carbocycles. The fraction of sp³-hybridized carbons (Fsp3) is 1.00. The van der Waals surface area contributed by atoms with Crippen LogP contribution in [0, 0.1) is 5.92 Å². The van der Waals surface area contributed by atoms with Crippen molar-refractivity contribution in [1.82, 2.24) is 0 Å². The highest BCUT2D eigenvalue weighted by Gasteiger charge is 2.10. The molecule has 3 nitrogen and oxygen atoms in total. The maximum atomic E-state index is 5.32. The van der Waals surface area contributed by atoms with Crippen LogP contribution >= 0.6 is 0 Å². The van der Waals surface area contributed by atoms with Gasteiger partial charge in [-0.1, -0.05) is 6.92 Å². The third-order valence-corrected chi connectivity index (χ3v) is 1.59. The fourth-order valence-electron chi connectivity index (χ4n) is 0.714. The Morgan fingerprint density at radius 3 is 2.40 bits per heavy atom. The number of hydrogen-bond donors (Lipinski definition) is 1. The zero-order valence-corrected chi connectivity index (χ0v) is 6.96. The van der Waals surface area contributed by atoms with E-state index >= 15 is 0 Å². The molecule has 0 aromatic heterocycles. The highest BCUT2D eigenvalue weighted by Crippen LogP contribution is 2.05. The first-order valence-corrected chi connectivity index (χ1v) is 3.65. The summed E-state index contributed by atoms with van der Waals surface area (Å²) in [6.07, 6.45) is 0.230. The Bertz CT molecular complexity index is 68.0. The van der Waals surface area contributed by atoms with Gasteiger partial charge < -0.3 is 9.57 Å². The molecule has 2 atom stereocenters. The monoisotopic (exact) mass is 147 g/mol. The Hall–Kier alpha value is -0.120. The van der Waals surface area contributed by atoms with E-state index in [9.17, 15) is 0 Å². The molecule has 0 aromatic rings. The van der Waals surface area contributed by atoms with Crippen LogP contribution in [-0.2, 0) is 9.57 Å². The summed E-state index contributed by atoms with van der Waals surface area (Å²) in [6, 6.07) is 0. The van der Waals surface area contributed by atoms with E-state index in [4.69, 9.17) is 10.6 Å². The molecule has 0 aliphatic heterocycles. The van der Waals surface area contributed by atoms with E-state index in [-0.39, 0.29) is 6.10 Å². The smallest absolute Gasteiger partial charge is 0.0729 e. The van der Waals surface area contributed by atoms with Crippen LogP contribution in [0.4, 0.5) is 0 Å².